The molecule has 0 spiro atoms. The van der Waals surface area contributed by atoms with Crippen LogP contribution in [0, 0.1) is 5.92 Å². The summed E-state index contributed by atoms with van der Waals surface area (Å²) < 4.78 is 22.8. The van der Waals surface area contributed by atoms with E-state index in [0.29, 0.717) is 4.90 Å². The van der Waals surface area contributed by atoms with Crippen molar-refractivity contribution in [1.29, 1.82) is 0 Å². The second kappa shape index (κ2) is 5.33. The highest BCUT2D eigenvalue weighted by atomic mass is 32.2. The largest absolute Gasteiger partial charge is 0.371 e. The lowest BCUT2D eigenvalue weighted by molar-refractivity contribution is -0.120. The van der Waals surface area contributed by atoms with Crippen molar-refractivity contribution in [2.75, 3.05) is 24.2 Å². The Hall–Kier alpha value is -1.36. The summed E-state index contributed by atoms with van der Waals surface area (Å²) in [6.45, 7) is 3.29. The summed E-state index contributed by atoms with van der Waals surface area (Å²) >= 11 is 0. The maximum Gasteiger partial charge on any atom is 0.175 e. The van der Waals surface area contributed by atoms with Gasteiger partial charge in [-0.25, -0.2) is 8.42 Å². The van der Waals surface area contributed by atoms with Crippen molar-refractivity contribution < 1.29 is 13.2 Å². The normalized spacial score (nSPS) is 20.3. The lowest BCUT2D eigenvalue weighted by Gasteiger charge is -2.33. The number of nitrogens with zero attached hydrogens (tertiary/aromatic N) is 1. The van der Waals surface area contributed by atoms with Crippen molar-refractivity contribution in [3.63, 3.8) is 0 Å². The number of anilines is 1. The molecule has 104 valence electrons. The lowest BCUT2D eigenvalue weighted by Crippen LogP contribution is -2.38. The highest BCUT2D eigenvalue weighted by Gasteiger charge is 2.23. The molecule has 0 N–H and O–H groups in total. The predicted octanol–water partition coefficient (Wildman–Crippen LogP) is 1.90. The van der Waals surface area contributed by atoms with Gasteiger partial charge in [-0.15, -0.1) is 0 Å². The second-order valence-electron chi connectivity index (χ2n) is 5.16. The number of piperidine rings is 1. The quantitative estimate of drug-likeness (QED) is 0.849. The molecule has 0 saturated carbocycles. The molecular formula is C14H19NO3S. The van der Waals surface area contributed by atoms with Crippen LogP contribution < -0.4 is 4.90 Å². The van der Waals surface area contributed by atoms with Gasteiger partial charge in [0.1, 0.15) is 5.78 Å². The Balaban J connectivity index is 2.16. The minimum Gasteiger partial charge on any atom is -0.371 e. The minimum absolute atomic E-state index is 0.100. The average Bonchev–Trinajstić information content (AvgIpc) is 2.38. The van der Waals surface area contributed by atoms with Gasteiger partial charge in [0, 0.05) is 31.0 Å². The zero-order valence-corrected chi connectivity index (χ0v) is 12.1. The van der Waals surface area contributed by atoms with Crippen LogP contribution >= 0.6 is 0 Å². The molecule has 0 bridgehead atoms. The van der Waals surface area contributed by atoms with Crippen LogP contribution in [0.25, 0.3) is 0 Å². The highest BCUT2D eigenvalue weighted by molar-refractivity contribution is 7.90. The van der Waals surface area contributed by atoms with Gasteiger partial charge in [-0.3, -0.25) is 4.79 Å². The van der Waals surface area contributed by atoms with Gasteiger partial charge in [-0.1, -0.05) is 0 Å². The van der Waals surface area contributed by atoms with Gasteiger partial charge >= 0.3 is 0 Å². The smallest absolute Gasteiger partial charge is 0.175 e. The molecule has 0 aliphatic carbocycles. The van der Waals surface area contributed by atoms with Crippen molar-refractivity contribution in [1.82, 2.24) is 0 Å². The minimum atomic E-state index is -3.15. The van der Waals surface area contributed by atoms with Gasteiger partial charge in [0.25, 0.3) is 0 Å². The van der Waals surface area contributed by atoms with Gasteiger partial charge in [0.15, 0.2) is 9.84 Å². The third-order valence-corrected chi connectivity index (χ3v) is 4.75. The molecule has 19 heavy (non-hydrogen) atoms. The topological polar surface area (TPSA) is 54.5 Å². The van der Waals surface area contributed by atoms with E-state index in [2.05, 4.69) is 4.90 Å². The number of hydrogen-bond acceptors (Lipinski definition) is 4. The van der Waals surface area contributed by atoms with Crippen molar-refractivity contribution in [3.8, 4) is 0 Å². The van der Waals surface area contributed by atoms with Crippen LogP contribution in [-0.2, 0) is 14.6 Å². The van der Waals surface area contributed by atoms with Crippen LogP contribution in [-0.4, -0.2) is 33.5 Å². The molecule has 1 saturated heterocycles. The van der Waals surface area contributed by atoms with Gasteiger partial charge in [0.2, 0.25) is 0 Å². The van der Waals surface area contributed by atoms with E-state index in [0.717, 1.165) is 31.6 Å². The molecule has 1 fully saturated rings. The summed E-state index contributed by atoms with van der Waals surface area (Å²) in [5.74, 6) is 0.334. The van der Waals surface area contributed by atoms with E-state index < -0.39 is 9.84 Å². The Labute approximate surface area is 114 Å². The SMILES string of the molecule is CC(=O)C1CCCN(c2ccc(S(C)(=O)=O)cc2)C1. The number of hydrogen-bond donors (Lipinski definition) is 0. The molecule has 1 aromatic carbocycles. The van der Waals surface area contributed by atoms with E-state index in [1.165, 1.54) is 6.26 Å². The second-order valence-corrected chi connectivity index (χ2v) is 7.18. The maximum atomic E-state index is 11.5. The van der Waals surface area contributed by atoms with Gasteiger partial charge in [0.05, 0.1) is 4.90 Å². The molecule has 0 amide bonds. The third kappa shape index (κ3) is 3.35. The monoisotopic (exact) mass is 281 g/mol. The van der Waals surface area contributed by atoms with Crippen LogP contribution in [0.4, 0.5) is 5.69 Å². The molecule has 0 radical (unpaired) electrons. The molecule has 1 aromatic rings. The lowest BCUT2D eigenvalue weighted by atomic mass is 9.94. The summed E-state index contributed by atoms with van der Waals surface area (Å²) in [4.78, 5) is 13.9. The average molecular weight is 281 g/mol. The summed E-state index contributed by atoms with van der Waals surface area (Å²) in [7, 11) is -3.15. The summed E-state index contributed by atoms with van der Waals surface area (Å²) in [6.07, 6.45) is 3.15. The molecule has 5 heteroatoms. The van der Waals surface area contributed by atoms with Crippen molar-refractivity contribution in [2.45, 2.75) is 24.7 Å². The van der Waals surface area contributed by atoms with E-state index in [-0.39, 0.29) is 11.7 Å². The van der Waals surface area contributed by atoms with Gasteiger partial charge in [-0.05, 0) is 44.0 Å². The van der Waals surface area contributed by atoms with Crippen LogP contribution in [0.2, 0.25) is 0 Å². The number of carbonyl (C=O) groups excluding carboxylic acids is 1. The molecule has 1 aliphatic rings. The Morgan fingerprint density at radius 2 is 1.89 bits per heavy atom. The molecule has 0 aromatic heterocycles. The van der Waals surface area contributed by atoms with Crippen LogP contribution in [0.5, 0.6) is 0 Å². The van der Waals surface area contributed by atoms with Gasteiger partial charge in [-0.2, -0.15) is 0 Å². The van der Waals surface area contributed by atoms with Crippen LogP contribution in [0.15, 0.2) is 29.2 Å². The first kappa shape index (κ1) is 14.1. The summed E-state index contributed by atoms with van der Waals surface area (Å²) in [6, 6.07) is 6.89. The van der Waals surface area contributed by atoms with E-state index in [9.17, 15) is 13.2 Å². The Kier molecular flexibility index (Phi) is 3.94. The zero-order valence-electron chi connectivity index (χ0n) is 11.3. The number of rotatable bonds is 3. The number of benzene rings is 1. The Morgan fingerprint density at radius 1 is 1.26 bits per heavy atom. The fourth-order valence-electron chi connectivity index (χ4n) is 2.45. The van der Waals surface area contributed by atoms with Crippen LogP contribution in [0.3, 0.4) is 0 Å². The molecule has 1 heterocycles. The van der Waals surface area contributed by atoms with Crippen molar-refractivity contribution in [2.24, 2.45) is 5.92 Å². The van der Waals surface area contributed by atoms with Crippen LogP contribution in [0.1, 0.15) is 19.8 Å². The maximum absolute atomic E-state index is 11.5. The number of sulfone groups is 1. The Morgan fingerprint density at radius 3 is 2.42 bits per heavy atom. The summed E-state index contributed by atoms with van der Waals surface area (Å²) in [5, 5.41) is 0. The third-order valence-electron chi connectivity index (χ3n) is 3.63. The van der Waals surface area contributed by atoms with Crippen molar-refractivity contribution in [3.05, 3.63) is 24.3 Å². The first-order chi connectivity index (χ1) is 8.88. The number of carbonyl (C=O) groups is 1. The molecule has 2 rings (SSSR count). The van der Waals surface area contributed by atoms with E-state index in [4.69, 9.17) is 0 Å². The summed E-state index contributed by atoms with van der Waals surface area (Å²) in [5.41, 5.74) is 0.985. The fraction of sp³-hybridized carbons (Fsp3) is 0.500. The zero-order chi connectivity index (χ0) is 14.0. The first-order valence-electron chi connectivity index (χ1n) is 6.43. The van der Waals surface area contributed by atoms with E-state index in [1.807, 2.05) is 12.1 Å². The molecular weight excluding hydrogens is 262 g/mol. The molecule has 4 nitrogen and oxygen atoms in total. The van der Waals surface area contributed by atoms with E-state index >= 15 is 0 Å². The molecule has 1 unspecified atom stereocenters. The number of Topliss-reactive ketones (excluding diaryl/α,β-unsaturated/α-hetero) is 1. The number of ketones is 1. The standard InChI is InChI=1S/C14H19NO3S/c1-11(16)12-4-3-9-15(10-12)13-5-7-14(8-6-13)19(2,17)18/h5-8,12H,3-4,9-10H2,1-2H3. The van der Waals surface area contributed by atoms with Crippen molar-refractivity contribution >= 4 is 21.3 Å². The molecule has 1 aliphatic heterocycles. The van der Waals surface area contributed by atoms with Gasteiger partial charge < -0.3 is 4.90 Å². The highest BCUT2D eigenvalue weighted by Crippen LogP contribution is 2.24. The van der Waals surface area contributed by atoms with E-state index in [1.54, 1.807) is 19.1 Å². The fourth-order valence-corrected chi connectivity index (χ4v) is 3.08. The first-order valence-corrected chi connectivity index (χ1v) is 8.32. The molecule has 1 atom stereocenters. The Bertz CT molecular complexity index is 563. The predicted molar refractivity (Wildman–Crippen MR) is 75.2 cm³/mol.